The fraction of sp³-hybridized carbons (Fsp3) is 0.600. The predicted octanol–water partition coefficient (Wildman–Crippen LogP) is 2.63. The summed E-state index contributed by atoms with van der Waals surface area (Å²) in [5, 5.41) is 3.08. The lowest BCUT2D eigenvalue weighted by Crippen LogP contribution is -2.55. The van der Waals surface area contributed by atoms with Crippen molar-refractivity contribution in [2.75, 3.05) is 39.3 Å². The van der Waals surface area contributed by atoms with Crippen LogP contribution in [-0.4, -0.2) is 67.1 Å². The van der Waals surface area contributed by atoms with Crippen molar-refractivity contribution in [2.24, 2.45) is 4.99 Å². The van der Waals surface area contributed by atoms with Crippen LogP contribution in [0.25, 0.3) is 0 Å². The molecule has 2 fully saturated rings. The van der Waals surface area contributed by atoms with E-state index in [1.165, 1.54) is 0 Å². The van der Waals surface area contributed by atoms with Crippen LogP contribution >= 0.6 is 0 Å². The molecule has 0 saturated carbocycles. The molecule has 166 valence electrons. The van der Waals surface area contributed by atoms with E-state index in [-0.39, 0.29) is 24.1 Å². The van der Waals surface area contributed by atoms with Crippen LogP contribution in [0.15, 0.2) is 23.2 Å². The number of alkyl halides is 3. The average molecular weight is 430 g/mol. The number of rotatable bonds is 4. The lowest BCUT2D eigenvalue weighted by Gasteiger charge is -2.37. The van der Waals surface area contributed by atoms with Gasteiger partial charge in [-0.25, -0.2) is 9.38 Å². The zero-order valence-corrected chi connectivity index (χ0v) is 16.8. The molecule has 0 aliphatic carbocycles. The van der Waals surface area contributed by atoms with Gasteiger partial charge in [0.1, 0.15) is 11.9 Å². The standard InChI is InChI=1S/C20H26F4N4O2/c1-2-25-19(26-13-14-5-6-15(21)12-16(14)20(22,23)24)28-9-7-27(8-10-28)18(29)17-4-3-11-30-17/h5-6,12,17H,2-4,7-11,13H2,1H3,(H,25,26). The van der Waals surface area contributed by atoms with Gasteiger partial charge in [0.2, 0.25) is 0 Å². The van der Waals surface area contributed by atoms with E-state index < -0.39 is 17.6 Å². The van der Waals surface area contributed by atoms with Gasteiger partial charge in [0.15, 0.2) is 5.96 Å². The van der Waals surface area contributed by atoms with E-state index in [2.05, 4.69) is 10.3 Å². The van der Waals surface area contributed by atoms with Crippen molar-refractivity contribution in [2.45, 2.75) is 38.6 Å². The quantitative estimate of drug-likeness (QED) is 0.453. The first-order chi connectivity index (χ1) is 14.3. The lowest BCUT2D eigenvalue weighted by atomic mass is 10.1. The number of hydrogen-bond acceptors (Lipinski definition) is 3. The molecule has 1 amide bonds. The molecular weight excluding hydrogens is 404 g/mol. The zero-order chi connectivity index (χ0) is 21.7. The highest BCUT2D eigenvalue weighted by Gasteiger charge is 2.34. The summed E-state index contributed by atoms with van der Waals surface area (Å²) in [6.07, 6.45) is -3.39. The van der Waals surface area contributed by atoms with Gasteiger partial charge in [-0.2, -0.15) is 13.2 Å². The molecule has 1 aromatic rings. The van der Waals surface area contributed by atoms with Crippen LogP contribution < -0.4 is 5.32 Å². The third kappa shape index (κ3) is 5.41. The van der Waals surface area contributed by atoms with Crippen LogP contribution in [-0.2, 0) is 22.3 Å². The number of amides is 1. The van der Waals surface area contributed by atoms with E-state index >= 15 is 0 Å². The Bertz CT molecular complexity index is 771. The van der Waals surface area contributed by atoms with Gasteiger partial charge in [-0.05, 0) is 37.5 Å². The first-order valence-corrected chi connectivity index (χ1v) is 10.1. The highest BCUT2D eigenvalue weighted by molar-refractivity contribution is 5.82. The van der Waals surface area contributed by atoms with Crippen LogP contribution in [0.4, 0.5) is 17.6 Å². The van der Waals surface area contributed by atoms with Gasteiger partial charge < -0.3 is 19.9 Å². The Morgan fingerprint density at radius 3 is 2.53 bits per heavy atom. The number of guanidine groups is 1. The summed E-state index contributed by atoms with van der Waals surface area (Å²) in [4.78, 5) is 20.5. The summed E-state index contributed by atoms with van der Waals surface area (Å²) in [6, 6.07) is 2.61. The minimum atomic E-state index is -4.65. The van der Waals surface area contributed by atoms with Crippen molar-refractivity contribution >= 4 is 11.9 Å². The molecule has 1 N–H and O–H groups in total. The molecule has 1 atom stereocenters. The number of aliphatic imine (C=N–C) groups is 1. The lowest BCUT2D eigenvalue weighted by molar-refractivity contribution is -0.142. The summed E-state index contributed by atoms with van der Waals surface area (Å²) < 4.78 is 58.4. The van der Waals surface area contributed by atoms with E-state index in [4.69, 9.17) is 4.74 Å². The topological polar surface area (TPSA) is 57.2 Å². The third-order valence-electron chi connectivity index (χ3n) is 5.21. The van der Waals surface area contributed by atoms with Crippen LogP contribution in [0.2, 0.25) is 0 Å². The largest absolute Gasteiger partial charge is 0.416 e. The van der Waals surface area contributed by atoms with Crippen molar-refractivity contribution in [3.63, 3.8) is 0 Å². The van der Waals surface area contributed by atoms with Gasteiger partial charge in [-0.15, -0.1) is 0 Å². The highest BCUT2D eigenvalue weighted by atomic mass is 19.4. The summed E-state index contributed by atoms with van der Waals surface area (Å²) >= 11 is 0. The number of carbonyl (C=O) groups excluding carboxylic acids is 1. The molecular formula is C20H26F4N4O2. The molecule has 3 rings (SSSR count). The molecule has 30 heavy (non-hydrogen) atoms. The van der Waals surface area contributed by atoms with E-state index in [0.717, 1.165) is 25.0 Å². The van der Waals surface area contributed by atoms with Crippen molar-refractivity contribution in [1.29, 1.82) is 0 Å². The maximum Gasteiger partial charge on any atom is 0.416 e. The molecule has 1 unspecified atom stereocenters. The van der Waals surface area contributed by atoms with E-state index in [1.807, 2.05) is 11.8 Å². The molecule has 0 spiro atoms. The highest BCUT2D eigenvalue weighted by Crippen LogP contribution is 2.33. The normalized spacial score (nSPS) is 20.6. The summed E-state index contributed by atoms with van der Waals surface area (Å²) in [5.41, 5.74) is -1.11. The smallest absolute Gasteiger partial charge is 0.368 e. The maximum absolute atomic E-state index is 13.3. The number of nitrogens with one attached hydrogen (secondary N) is 1. The Morgan fingerprint density at radius 2 is 1.93 bits per heavy atom. The molecule has 10 heteroatoms. The zero-order valence-electron chi connectivity index (χ0n) is 16.8. The summed E-state index contributed by atoms with van der Waals surface area (Å²) in [5.74, 6) is -0.469. The number of halogens is 4. The monoisotopic (exact) mass is 430 g/mol. The van der Waals surface area contributed by atoms with Crippen molar-refractivity contribution in [3.05, 3.63) is 35.1 Å². The second kappa shape index (κ2) is 9.63. The third-order valence-corrected chi connectivity index (χ3v) is 5.21. The van der Waals surface area contributed by atoms with Crippen LogP contribution in [0.5, 0.6) is 0 Å². The van der Waals surface area contributed by atoms with E-state index in [9.17, 15) is 22.4 Å². The Morgan fingerprint density at radius 1 is 1.23 bits per heavy atom. The van der Waals surface area contributed by atoms with Gasteiger partial charge in [0.05, 0.1) is 12.1 Å². The van der Waals surface area contributed by atoms with Crippen LogP contribution in [0.3, 0.4) is 0 Å². The second-order valence-corrected chi connectivity index (χ2v) is 7.28. The predicted molar refractivity (Wildman–Crippen MR) is 103 cm³/mol. The molecule has 2 saturated heterocycles. The van der Waals surface area contributed by atoms with Gasteiger partial charge >= 0.3 is 6.18 Å². The molecule has 2 aliphatic heterocycles. The second-order valence-electron chi connectivity index (χ2n) is 7.28. The maximum atomic E-state index is 13.3. The number of hydrogen-bond donors (Lipinski definition) is 1. The number of piperazine rings is 1. The van der Waals surface area contributed by atoms with Gasteiger partial charge in [-0.3, -0.25) is 4.79 Å². The molecule has 2 heterocycles. The Kier molecular flexibility index (Phi) is 7.17. The van der Waals surface area contributed by atoms with Gasteiger partial charge in [-0.1, -0.05) is 6.07 Å². The molecule has 1 aromatic carbocycles. The minimum absolute atomic E-state index is 0.00443. The number of nitrogens with zero attached hydrogens (tertiary/aromatic N) is 3. The molecule has 0 radical (unpaired) electrons. The molecule has 2 aliphatic rings. The van der Waals surface area contributed by atoms with Crippen molar-refractivity contribution < 1.29 is 27.1 Å². The summed E-state index contributed by atoms with van der Waals surface area (Å²) in [7, 11) is 0. The number of benzene rings is 1. The fourth-order valence-electron chi connectivity index (χ4n) is 3.65. The molecule has 0 bridgehead atoms. The van der Waals surface area contributed by atoms with E-state index in [1.54, 1.807) is 4.90 Å². The number of carbonyl (C=O) groups is 1. The summed E-state index contributed by atoms with van der Waals surface area (Å²) in [6.45, 7) is 4.80. The Balaban J connectivity index is 1.67. The molecule has 6 nitrogen and oxygen atoms in total. The SMILES string of the molecule is CCNC(=NCc1ccc(F)cc1C(F)(F)F)N1CCN(C(=O)C2CCCO2)CC1. The molecule has 0 aromatic heterocycles. The van der Waals surface area contributed by atoms with Gasteiger partial charge in [0, 0.05) is 39.3 Å². The average Bonchev–Trinajstić information content (AvgIpc) is 3.25. The van der Waals surface area contributed by atoms with Crippen molar-refractivity contribution in [3.8, 4) is 0 Å². The number of ether oxygens (including phenoxy) is 1. The first kappa shape index (κ1) is 22.3. The minimum Gasteiger partial charge on any atom is -0.368 e. The Labute approximate surface area is 172 Å². The van der Waals surface area contributed by atoms with Crippen LogP contribution in [0, 0.1) is 5.82 Å². The Hall–Kier alpha value is -2.36. The van der Waals surface area contributed by atoms with Crippen molar-refractivity contribution in [1.82, 2.24) is 15.1 Å². The first-order valence-electron chi connectivity index (χ1n) is 10.1. The van der Waals surface area contributed by atoms with E-state index in [0.29, 0.717) is 51.4 Å². The van der Waals surface area contributed by atoms with Crippen LogP contribution in [0.1, 0.15) is 30.9 Å². The van der Waals surface area contributed by atoms with Gasteiger partial charge in [0.25, 0.3) is 5.91 Å². The fourth-order valence-corrected chi connectivity index (χ4v) is 3.65.